The smallest absolute Gasteiger partial charge is 0.276 e. The lowest BCUT2D eigenvalue weighted by atomic mass is 10.3. The Kier molecular flexibility index (Phi) is 4.94. The van der Waals surface area contributed by atoms with Gasteiger partial charge in [0.15, 0.2) is 0 Å². The summed E-state index contributed by atoms with van der Waals surface area (Å²) in [6.07, 6.45) is 1.44. The summed E-state index contributed by atoms with van der Waals surface area (Å²) in [7, 11) is 0. The van der Waals surface area contributed by atoms with Crippen LogP contribution in [0.5, 0.6) is 0 Å². The number of aliphatic hydroxyl groups is 1. The van der Waals surface area contributed by atoms with Gasteiger partial charge in [0, 0.05) is 13.2 Å². The third-order valence-corrected chi connectivity index (χ3v) is 2.07. The van der Waals surface area contributed by atoms with Gasteiger partial charge in [0.2, 0.25) is 0 Å². The number of hydrogen-bond donors (Lipinski definition) is 2. The van der Waals surface area contributed by atoms with Crippen molar-refractivity contribution in [3.05, 3.63) is 27.4 Å². The Labute approximate surface area is 97.4 Å². The Balaban J connectivity index is 2.62. The molecule has 2 N–H and O–H groups in total. The van der Waals surface area contributed by atoms with E-state index in [1.54, 1.807) is 0 Å². The van der Waals surface area contributed by atoms with Crippen molar-refractivity contribution in [1.29, 1.82) is 0 Å². The van der Waals surface area contributed by atoms with Gasteiger partial charge < -0.3 is 10.4 Å². The van der Waals surface area contributed by atoms with E-state index >= 15 is 0 Å². The normalized spacial score (nSPS) is 10.1. The third-order valence-electron chi connectivity index (χ3n) is 1.88. The largest absolute Gasteiger partial charge is 0.396 e. The molecule has 0 radical (unpaired) electrons. The first kappa shape index (κ1) is 12.7. The average molecular weight is 246 g/mol. The summed E-state index contributed by atoms with van der Waals surface area (Å²) >= 11 is 5.64. The molecule has 0 atom stereocenters. The number of rotatable bonds is 6. The van der Waals surface area contributed by atoms with E-state index in [-0.39, 0.29) is 17.4 Å². The highest BCUT2D eigenvalue weighted by Gasteiger charge is 2.09. The van der Waals surface area contributed by atoms with E-state index in [0.717, 1.165) is 6.42 Å². The molecular formula is C9H12ClN3O3. The Morgan fingerprint density at radius 1 is 1.50 bits per heavy atom. The SMILES string of the molecule is O=[N+]([O-])c1cc(Cl)nc(NCCCCO)c1. The molecule has 1 aromatic rings. The molecule has 0 aromatic carbocycles. The molecule has 0 spiro atoms. The van der Waals surface area contributed by atoms with Crippen LogP contribution in [0.4, 0.5) is 11.5 Å². The van der Waals surface area contributed by atoms with Crippen LogP contribution in [0.2, 0.25) is 5.15 Å². The van der Waals surface area contributed by atoms with Gasteiger partial charge >= 0.3 is 0 Å². The van der Waals surface area contributed by atoms with Crippen LogP contribution in [0.1, 0.15) is 12.8 Å². The van der Waals surface area contributed by atoms with Crippen molar-refractivity contribution < 1.29 is 10.0 Å². The van der Waals surface area contributed by atoms with Gasteiger partial charge in [-0.15, -0.1) is 0 Å². The first-order chi connectivity index (χ1) is 7.63. The van der Waals surface area contributed by atoms with Gasteiger partial charge in [0.1, 0.15) is 11.0 Å². The number of nitrogens with zero attached hydrogens (tertiary/aromatic N) is 2. The summed E-state index contributed by atoms with van der Waals surface area (Å²) in [6, 6.07) is 2.52. The van der Waals surface area contributed by atoms with Crippen molar-refractivity contribution in [3.63, 3.8) is 0 Å². The van der Waals surface area contributed by atoms with E-state index in [4.69, 9.17) is 16.7 Å². The highest BCUT2D eigenvalue weighted by Crippen LogP contribution is 2.20. The summed E-state index contributed by atoms with van der Waals surface area (Å²) in [4.78, 5) is 13.9. The van der Waals surface area contributed by atoms with Gasteiger partial charge in [-0.1, -0.05) is 11.6 Å². The minimum atomic E-state index is -0.521. The highest BCUT2D eigenvalue weighted by atomic mass is 35.5. The van der Waals surface area contributed by atoms with Crippen molar-refractivity contribution >= 4 is 23.1 Å². The molecule has 1 heterocycles. The molecule has 0 aliphatic carbocycles. The standard InChI is InChI=1S/C9H12ClN3O3/c10-8-5-7(13(15)16)6-9(12-8)11-3-1-2-4-14/h5-6,14H,1-4H2,(H,11,12). The number of unbranched alkanes of at least 4 members (excludes halogenated alkanes) is 1. The van der Waals surface area contributed by atoms with Crippen LogP contribution in [-0.2, 0) is 0 Å². The molecule has 1 rings (SSSR count). The molecule has 0 saturated heterocycles. The lowest BCUT2D eigenvalue weighted by molar-refractivity contribution is -0.384. The molecule has 0 saturated carbocycles. The molecule has 0 amide bonds. The summed E-state index contributed by atoms with van der Waals surface area (Å²) in [6.45, 7) is 0.718. The first-order valence-corrected chi connectivity index (χ1v) is 5.18. The number of aliphatic hydroxyl groups excluding tert-OH is 1. The number of nitrogens with one attached hydrogen (secondary N) is 1. The topological polar surface area (TPSA) is 88.3 Å². The van der Waals surface area contributed by atoms with Gasteiger partial charge in [-0.2, -0.15) is 0 Å². The number of nitro groups is 1. The van der Waals surface area contributed by atoms with Gasteiger partial charge in [-0.05, 0) is 12.8 Å². The highest BCUT2D eigenvalue weighted by molar-refractivity contribution is 6.29. The molecule has 0 aliphatic rings. The van der Waals surface area contributed by atoms with Gasteiger partial charge in [0.05, 0.1) is 17.1 Å². The minimum Gasteiger partial charge on any atom is -0.396 e. The van der Waals surface area contributed by atoms with E-state index in [0.29, 0.717) is 18.8 Å². The maximum absolute atomic E-state index is 10.5. The maximum atomic E-state index is 10.5. The second kappa shape index (κ2) is 6.24. The molecule has 1 aromatic heterocycles. The number of halogens is 1. The minimum absolute atomic E-state index is 0.0823. The van der Waals surface area contributed by atoms with Crippen LogP contribution < -0.4 is 5.32 Å². The first-order valence-electron chi connectivity index (χ1n) is 4.80. The van der Waals surface area contributed by atoms with E-state index in [1.807, 2.05) is 0 Å². The zero-order valence-electron chi connectivity index (χ0n) is 8.52. The Bertz CT molecular complexity index is 373. The van der Waals surface area contributed by atoms with E-state index < -0.39 is 4.92 Å². The zero-order chi connectivity index (χ0) is 12.0. The van der Waals surface area contributed by atoms with Gasteiger partial charge in [0.25, 0.3) is 5.69 Å². The van der Waals surface area contributed by atoms with E-state index in [9.17, 15) is 10.1 Å². The Hall–Kier alpha value is -1.40. The van der Waals surface area contributed by atoms with Crippen molar-refractivity contribution in [3.8, 4) is 0 Å². The molecule has 7 heteroatoms. The monoisotopic (exact) mass is 245 g/mol. The molecule has 88 valence electrons. The average Bonchev–Trinajstić information content (AvgIpc) is 2.23. The van der Waals surface area contributed by atoms with Crippen LogP contribution in [0.25, 0.3) is 0 Å². The molecule has 16 heavy (non-hydrogen) atoms. The van der Waals surface area contributed by atoms with Crippen molar-refractivity contribution in [2.75, 3.05) is 18.5 Å². The second-order valence-electron chi connectivity index (χ2n) is 3.15. The number of aromatic nitrogens is 1. The van der Waals surface area contributed by atoms with Crippen LogP contribution in [0.3, 0.4) is 0 Å². The number of hydrogen-bond acceptors (Lipinski definition) is 5. The summed E-state index contributed by atoms with van der Waals surface area (Å²) in [5, 5.41) is 22.1. The molecular weight excluding hydrogens is 234 g/mol. The van der Waals surface area contributed by atoms with Crippen molar-refractivity contribution in [2.24, 2.45) is 0 Å². The molecule has 0 fully saturated rings. The molecule has 0 aliphatic heterocycles. The second-order valence-corrected chi connectivity index (χ2v) is 3.54. The predicted molar refractivity (Wildman–Crippen MR) is 60.7 cm³/mol. The fourth-order valence-electron chi connectivity index (χ4n) is 1.13. The van der Waals surface area contributed by atoms with Crippen molar-refractivity contribution in [2.45, 2.75) is 12.8 Å². The van der Waals surface area contributed by atoms with Crippen LogP contribution in [-0.4, -0.2) is 28.2 Å². The number of anilines is 1. The number of pyridine rings is 1. The summed E-state index contributed by atoms with van der Waals surface area (Å²) in [5.41, 5.74) is -0.0929. The van der Waals surface area contributed by atoms with Crippen LogP contribution in [0, 0.1) is 10.1 Å². The quantitative estimate of drug-likeness (QED) is 0.345. The summed E-state index contributed by atoms with van der Waals surface area (Å²) in [5.74, 6) is 0.372. The molecule has 0 unspecified atom stereocenters. The van der Waals surface area contributed by atoms with E-state index in [1.165, 1.54) is 12.1 Å². The Morgan fingerprint density at radius 3 is 2.88 bits per heavy atom. The maximum Gasteiger partial charge on any atom is 0.276 e. The third kappa shape index (κ3) is 4.00. The fourth-order valence-corrected chi connectivity index (χ4v) is 1.34. The summed E-state index contributed by atoms with van der Waals surface area (Å²) < 4.78 is 0. The van der Waals surface area contributed by atoms with Crippen LogP contribution >= 0.6 is 11.6 Å². The zero-order valence-corrected chi connectivity index (χ0v) is 9.28. The lowest BCUT2D eigenvalue weighted by Gasteiger charge is -2.04. The van der Waals surface area contributed by atoms with Crippen LogP contribution in [0.15, 0.2) is 12.1 Å². The lowest BCUT2D eigenvalue weighted by Crippen LogP contribution is -2.04. The predicted octanol–water partition coefficient (Wildman–Crippen LogP) is 1.83. The molecule has 6 nitrogen and oxygen atoms in total. The van der Waals surface area contributed by atoms with Gasteiger partial charge in [-0.3, -0.25) is 10.1 Å². The van der Waals surface area contributed by atoms with Gasteiger partial charge in [-0.25, -0.2) is 4.98 Å². The molecule has 0 bridgehead atoms. The Morgan fingerprint density at radius 2 is 2.25 bits per heavy atom. The van der Waals surface area contributed by atoms with E-state index in [2.05, 4.69) is 10.3 Å². The fraction of sp³-hybridized carbons (Fsp3) is 0.444. The van der Waals surface area contributed by atoms with Crippen molar-refractivity contribution in [1.82, 2.24) is 4.98 Å².